The highest BCUT2D eigenvalue weighted by molar-refractivity contribution is 5.67. The molecule has 1 aliphatic rings. The molecule has 1 saturated carbocycles. The molecule has 1 fully saturated rings. The van der Waals surface area contributed by atoms with E-state index in [0.29, 0.717) is 17.1 Å². The lowest BCUT2D eigenvalue weighted by atomic mass is 10.1. The van der Waals surface area contributed by atoms with Gasteiger partial charge in [0.05, 0.1) is 17.9 Å². The molecule has 0 atom stereocenters. The molecule has 19 heavy (non-hydrogen) atoms. The van der Waals surface area contributed by atoms with Crippen molar-refractivity contribution in [2.75, 3.05) is 0 Å². The first kappa shape index (κ1) is 12.2. The van der Waals surface area contributed by atoms with Crippen LogP contribution in [0.3, 0.4) is 0 Å². The molecule has 0 amide bonds. The minimum absolute atomic E-state index is 0.183. The van der Waals surface area contributed by atoms with Crippen LogP contribution in [0.25, 0.3) is 11.3 Å². The van der Waals surface area contributed by atoms with Crippen LogP contribution in [0.2, 0.25) is 0 Å². The van der Waals surface area contributed by atoms with E-state index in [0.717, 1.165) is 18.4 Å². The Hall–Kier alpha value is -1.84. The first-order valence-electron chi connectivity index (χ1n) is 6.62. The predicted molar refractivity (Wildman–Crippen MR) is 69.5 cm³/mol. The molecule has 4 heteroatoms. The van der Waals surface area contributed by atoms with Gasteiger partial charge in [-0.25, -0.2) is 4.39 Å². The van der Waals surface area contributed by atoms with Crippen molar-refractivity contribution in [1.82, 2.24) is 5.16 Å². The summed E-state index contributed by atoms with van der Waals surface area (Å²) >= 11 is 0. The van der Waals surface area contributed by atoms with E-state index in [2.05, 4.69) is 5.16 Å². The van der Waals surface area contributed by atoms with Crippen LogP contribution in [-0.4, -0.2) is 11.3 Å². The Morgan fingerprint density at radius 1 is 1.32 bits per heavy atom. The largest absolute Gasteiger partial charge is 0.490 e. The van der Waals surface area contributed by atoms with E-state index >= 15 is 0 Å². The van der Waals surface area contributed by atoms with Gasteiger partial charge in [-0.1, -0.05) is 5.16 Å². The highest BCUT2D eigenvalue weighted by Gasteiger charge is 2.22. The fourth-order valence-corrected chi connectivity index (χ4v) is 2.57. The van der Waals surface area contributed by atoms with Crippen molar-refractivity contribution >= 4 is 0 Å². The molecule has 1 aliphatic carbocycles. The lowest BCUT2D eigenvalue weighted by molar-refractivity contribution is 0.209. The Kier molecular flexibility index (Phi) is 3.23. The van der Waals surface area contributed by atoms with E-state index in [1.165, 1.54) is 25.1 Å². The average molecular weight is 261 g/mol. The number of halogens is 1. The number of hydrogen-bond acceptors (Lipinski definition) is 3. The third kappa shape index (κ3) is 2.48. The number of rotatable bonds is 3. The molecule has 0 aliphatic heterocycles. The second kappa shape index (κ2) is 5.03. The molecule has 1 aromatic carbocycles. The van der Waals surface area contributed by atoms with Crippen LogP contribution in [0.4, 0.5) is 4.39 Å². The molecule has 2 aromatic rings. The van der Waals surface area contributed by atoms with Gasteiger partial charge in [0.1, 0.15) is 11.6 Å². The summed E-state index contributed by atoms with van der Waals surface area (Å²) in [4.78, 5) is 0. The van der Waals surface area contributed by atoms with Gasteiger partial charge in [0.15, 0.2) is 5.76 Å². The Morgan fingerprint density at radius 2 is 2.11 bits per heavy atom. The molecule has 1 heterocycles. The predicted octanol–water partition coefficient (Wildman–Crippen LogP) is 4.11. The van der Waals surface area contributed by atoms with E-state index in [-0.39, 0.29) is 11.9 Å². The van der Waals surface area contributed by atoms with Crippen LogP contribution < -0.4 is 4.74 Å². The zero-order valence-electron chi connectivity index (χ0n) is 10.9. The van der Waals surface area contributed by atoms with Gasteiger partial charge < -0.3 is 9.26 Å². The summed E-state index contributed by atoms with van der Waals surface area (Å²) in [5.74, 6) is 0.636. The maximum absolute atomic E-state index is 14.2. The molecule has 3 rings (SSSR count). The van der Waals surface area contributed by atoms with Crippen molar-refractivity contribution in [2.45, 2.75) is 38.7 Å². The Balaban J connectivity index is 2.00. The van der Waals surface area contributed by atoms with Crippen LogP contribution in [0, 0.1) is 12.7 Å². The van der Waals surface area contributed by atoms with Crippen LogP contribution in [0.5, 0.6) is 5.75 Å². The van der Waals surface area contributed by atoms with E-state index in [1.807, 2.05) is 13.0 Å². The molecule has 0 unspecified atom stereocenters. The maximum atomic E-state index is 14.2. The summed E-state index contributed by atoms with van der Waals surface area (Å²) < 4.78 is 25.2. The van der Waals surface area contributed by atoms with Crippen molar-refractivity contribution < 1.29 is 13.7 Å². The van der Waals surface area contributed by atoms with E-state index in [9.17, 15) is 4.39 Å². The van der Waals surface area contributed by atoms with Crippen molar-refractivity contribution in [3.05, 3.63) is 35.8 Å². The number of ether oxygens (including phenoxy) is 1. The van der Waals surface area contributed by atoms with Gasteiger partial charge in [0.2, 0.25) is 0 Å². The lowest BCUT2D eigenvalue weighted by Crippen LogP contribution is -2.12. The molecule has 100 valence electrons. The van der Waals surface area contributed by atoms with Crippen LogP contribution in [-0.2, 0) is 0 Å². The summed E-state index contributed by atoms with van der Waals surface area (Å²) in [6.07, 6.45) is 6.11. The summed E-state index contributed by atoms with van der Waals surface area (Å²) in [7, 11) is 0. The fraction of sp³-hybridized carbons (Fsp3) is 0.400. The quantitative estimate of drug-likeness (QED) is 0.834. The number of nitrogens with zero attached hydrogens (tertiary/aromatic N) is 1. The standard InChI is InChI=1S/C15H16FNO2/c1-10-8-12(16)15(13-6-7-17-19-13)14(9-10)18-11-4-2-3-5-11/h6-9,11H,2-5H2,1H3. The summed E-state index contributed by atoms with van der Waals surface area (Å²) in [6, 6.07) is 4.99. The van der Waals surface area contributed by atoms with Gasteiger partial charge >= 0.3 is 0 Å². The van der Waals surface area contributed by atoms with Crippen LogP contribution in [0.15, 0.2) is 28.9 Å². The average Bonchev–Trinajstić information content (AvgIpc) is 3.00. The van der Waals surface area contributed by atoms with Crippen molar-refractivity contribution in [3.8, 4) is 17.1 Å². The zero-order valence-corrected chi connectivity index (χ0v) is 10.9. The SMILES string of the molecule is Cc1cc(F)c(-c2ccno2)c(OC2CCCC2)c1. The van der Waals surface area contributed by atoms with Gasteiger partial charge in [0, 0.05) is 6.07 Å². The van der Waals surface area contributed by atoms with Gasteiger partial charge in [0.25, 0.3) is 0 Å². The molecule has 3 nitrogen and oxygen atoms in total. The maximum Gasteiger partial charge on any atom is 0.173 e. The number of benzene rings is 1. The van der Waals surface area contributed by atoms with E-state index < -0.39 is 0 Å². The van der Waals surface area contributed by atoms with E-state index in [1.54, 1.807) is 6.07 Å². The van der Waals surface area contributed by atoms with Gasteiger partial charge in [-0.15, -0.1) is 0 Å². The third-order valence-electron chi connectivity index (χ3n) is 3.48. The van der Waals surface area contributed by atoms with Crippen molar-refractivity contribution in [1.29, 1.82) is 0 Å². The second-order valence-corrected chi connectivity index (χ2v) is 5.02. The monoisotopic (exact) mass is 261 g/mol. The summed E-state index contributed by atoms with van der Waals surface area (Å²) in [5, 5.41) is 3.64. The van der Waals surface area contributed by atoms with Crippen LogP contribution >= 0.6 is 0 Å². The van der Waals surface area contributed by atoms with Gasteiger partial charge in [-0.05, 0) is 50.3 Å². The first-order valence-corrected chi connectivity index (χ1v) is 6.62. The lowest BCUT2D eigenvalue weighted by Gasteiger charge is -2.16. The molecule has 0 spiro atoms. The smallest absolute Gasteiger partial charge is 0.173 e. The topological polar surface area (TPSA) is 35.3 Å². The highest BCUT2D eigenvalue weighted by Crippen LogP contribution is 2.36. The van der Waals surface area contributed by atoms with Crippen molar-refractivity contribution in [3.63, 3.8) is 0 Å². The number of aryl methyl sites for hydroxylation is 1. The Morgan fingerprint density at radius 3 is 2.79 bits per heavy atom. The number of aromatic nitrogens is 1. The summed E-state index contributed by atoms with van der Waals surface area (Å²) in [5.41, 5.74) is 1.21. The third-order valence-corrected chi connectivity index (χ3v) is 3.48. The molecule has 0 N–H and O–H groups in total. The van der Waals surface area contributed by atoms with Crippen LogP contribution in [0.1, 0.15) is 31.2 Å². The fourth-order valence-electron chi connectivity index (χ4n) is 2.57. The summed E-state index contributed by atoms with van der Waals surface area (Å²) in [6.45, 7) is 1.86. The molecule has 1 aromatic heterocycles. The molecular weight excluding hydrogens is 245 g/mol. The Bertz CT molecular complexity index is 560. The minimum Gasteiger partial charge on any atom is -0.490 e. The minimum atomic E-state index is -0.329. The van der Waals surface area contributed by atoms with Gasteiger partial charge in [-0.3, -0.25) is 0 Å². The molecule has 0 radical (unpaired) electrons. The molecular formula is C15H16FNO2. The normalized spacial score (nSPS) is 15.9. The van der Waals surface area contributed by atoms with Crippen molar-refractivity contribution in [2.24, 2.45) is 0 Å². The van der Waals surface area contributed by atoms with Gasteiger partial charge in [-0.2, -0.15) is 0 Å². The van der Waals surface area contributed by atoms with E-state index in [4.69, 9.17) is 9.26 Å². The second-order valence-electron chi connectivity index (χ2n) is 5.02. The highest BCUT2D eigenvalue weighted by atomic mass is 19.1. The molecule has 0 bridgehead atoms. The first-order chi connectivity index (χ1) is 9.24. The Labute approximate surface area is 111 Å². The molecule has 0 saturated heterocycles. The zero-order chi connectivity index (χ0) is 13.2. The number of hydrogen-bond donors (Lipinski definition) is 0.